The Balaban J connectivity index is 1.60. The molecule has 0 aliphatic carbocycles. The number of sulfonamides is 1. The highest BCUT2D eigenvalue weighted by atomic mass is 32.2. The summed E-state index contributed by atoms with van der Waals surface area (Å²) in [6, 6.07) is 21.2. The van der Waals surface area contributed by atoms with Crippen molar-refractivity contribution in [3.63, 3.8) is 0 Å². The second-order valence-electron chi connectivity index (χ2n) is 10.4. The molecule has 194 valence electrons. The van der Waals surface area contributed by atoms with Crippen molar-refractivity contribution in [3.05, 3.63) is 95.7 Å². The van der Waals surface area contributed by atoms with E-state index in [1.165, 1.54) is 3.97 Å². The first-order chi connectivity index (χ1) is 17.5. The Bertz CT molecular complexity index is 1650. The van der Waals surface area contributed by atoms with Crippen LogP contribution in [-0.2, 0) is 20.0 Å². The Morgan fingerprint density at radius 1 is 0.730 bits per heavy atom. The minimum absolute atomic E-state index is 0.0431. The van der Waals surface area contributed by atoms with Crippen molar-refractivity contribution >= 4 is 30.9 Å². The molecule has 3 aromatic carbocycles. The third-order valence-electron chi connectivity index (χ3n) is 7.53. The average Bonchev–Trinajstić information content (AvgIpc) is 3.48. The fourth-order valence-corrected chi connectivity index (χ4v) is 8.23. The first-order valence-electron chi connectivity index (χ1n) is 12.5. The molecule has 1 aliphatic heterocycles. The highest BCUT2D eigenvalue weighted by Gasteiger charge is 2.42. The number of para-hydroxylation sites is 1. The van der Waals surface area contributed by atoms with Gasteiger partial charge in [-0.05, 0) is 61.6 Å². The molecule has 5 rings (SSSR count). The minimum Gasteiger partial charge on any atom is -0.241 e. The van der Waals surface area contributed by atoms with Gasteiger partial charge < -0.3 is 0 Å². The van der Waals surface area contributed by atoms with Crippen molar-refractivity contribution in [1.82, 2.24) is 8.28 Å². The lowest BCUT2D eigenvalue weighted by Gasteiger charge is -2.21. The Kier molecular flexibility index (Phi) is 6.54. The number of hydrogen-bond donors (Lipinski definition) is 0. The molecule has 1 aliphatic rings. The first-order valence-corrected chi connectivity index (χ1v) is 15.4. The first kappa shape index (κ1) is 25.7. The Hall–Kier alpha value is -2.94. The van der Waals surface area contributed by atoms with E-state index in [9.17, 15) is 16.8 Å². The number of aromatic nitrogens is 1. The van der Waals surface area contributed by atoms with E-state index in [1.54, 1.807) is 46.9 Å². The van der Waals surface area contributed by atoms with Gasteiger partial charge in [0, 0.05) is 30.6 Å². The van der Waals surface area contributed by atoms with Crippen LogP contribution in [0.1, 0.15) is 36.5 Å². The van der Waals surface area contributed by atoms with E-state index in [2.05, 4.69) is 13.8 Å². The highest BCUT2D eigenvalue weighted by molar-refractivity contribution is 7.90. The summed E-state index contributed by atoms with van der Waals surface area (Å²) >= 11 is 0. The van der Waals surface area contributed by atoms with Crippen LogP contribution in [0, 0.1) is 25.7 Å². The smallest absolute Gasteiger partial charge is 0.241 e. The fourth-order valence-electron chi connectivity index (χ4n) is 5.35. The van der Waals surface area contributed by atoms with Gasteiger partial charge in [0.05, 0.1) is 15.3 Å². The summed E-state index contributed by atoms with van der Waals surface area (Å²) in [6.45, 7) is 8.74. The van der Waals surface area contributed by atoms with Crippen LogP contribution in [0.15, 0.2) is 88.8 Å². The van der Waals surface area contributed by atoms with E-state index in [0.29, 0.717) is 18.6 Å². The molecule has 2 unspecified atom stereocenters. The molecule has 0 saturated carbocycles. The predicted molar refractivity (Wildman–Crippen MR) is 147 cm³/mol. The number of rotatable bonds is 6. The van der Waals surface area contributed by atoms with Gasteiger partial charge in [0.2, 0.25) is 10.0 Å². The molecular weight excluding hydrogens is 504 g/mol. The monoisotopic (exact) mass is 536 g/mol. The standard InChI is InChI=1S/C29H32N2O4S2/c1-20(2)26-17-30(36(32,33)23-13-9-21(3)10-14-23)18-27(26)28-19-31(29-8-6-5-7-25(28)29)37(34,35)24-15-11-22(4)12-16-24/h5-16,19-20,26-27H,17-18H2,1-4H3. The Morgan fingerprint density at radius 2 is 1.27 bits per heavy atom. The molecule has 6 nitrogen and oxygen atoms in total. The third-order valence-corrected chi connectivity index (χ3v) is 11.1. The van der Waals surface area contributed by atoms with Crippen molar-refractivity contribution in [2.24, 2.45) is 11.8 Å². The van der Waals surface area contributed by atoms with Gasteiger partial charge in [0.15, 0.2) is 0 Å². The van der Waals surface area contributed by atoms with Crippen LogP contribution in [0.3, 0.4) is 0 Å². The normalized spacial score (nSPS) is 19.2. The summed E-state index contributed by atoms with van der Waals surface area (Å²) < 4.78 is 57.4. The summed E-state index contributed by atoms with van der Waals surface area (Å²) in [5, 5.41) is 0.837. The molecule has 4 aromatic rings. The van der Waals surface area contributed by atoms with Crippen LogP contribution in [-0.4, -0.2) is 38.2 Å². The molecule has 0 spiro atoms. The van der Waals surface area contributed by atoms with Crippen LogP contribution >= 0.6 is 0 Å². The zero-order valence-electron chi connectivity index (χ0n) is 21.5. The summed E-state index contributed by atoms with van der Waals surface area (Å²) in [5.74, 6) is 0.111. The van der Waals surface area contributed by atoms with E-state index in [0.717, 1.165) is 22.1 Å². The van der Waals surface area contributed by atoms with Gasteiger partial charge >= 0.3 is 0 Å². The van der Waals surface area contributed by atoms with Crippen molar-refractivity contribution in [3.8, 4) is 0 Å². The van der Waals surface area contributed by atoms with Gasteiger partial charge in [-0.1, -0.05) is 67.4 Å². The zero-order chi connectivity index (χ0) is 26.5. The highest BCUT2D eigenvalue weighted by Crippen LogP contribution is 2.43. The molecule has 37 heavy (non-hydrogen) atoms. The van der Waals surface area contributed by atoms with Gasteiger partial charge in [-0.2, -0.15) is 4.31 Å². The SMILES string of the molecule is Cc1ccc(S(=O)(=O)N2CC(c3cn(S(=O)(=O)c4ccc(C)cc4)c4ccccc34)C(C(C)C)C2)cc1. The molecule has 1 saturated heterocycles. The van der Waals surface area contributed by atoms with Crippen molar-refractivity contribution in [1.29, 1.82) is 0 Å². The molecule has 1 fully saturated rings. The lowest BCUT2D eigenvalue weighted by Crippen LogP contribution is -2.29. The summed E-state index contributed by atoms with van der Waals surface area (Å²) in [5.41, 5.74) is 3.45. The van der Waals surface area contributed by atoms with Gasteiger partial charge in [-0.3, -0.25) is 0 Å². The van der Waals surface area contributed by atoms with Crippen LogP contribution in [0.25, 0.3) is 10.9 Å². The van der Waals surface area contributed by atoms with Crippen LogP contribution in [0.5, 0.6) is 0 Å². The third kappa shape index (κ3) is 4.51. The predicted octanol–water partition coefficient (Wildman–Crippen LogP) is 5.56. The number of benzene rings is 3. The molecule has 1 aromatic heterocycles. The summed E-state index contributed by atoms with van der Waals surface area (Å²) in [7, 11) is -7.51. The second kappa shape index (κ2) is 9.42. The van der Waals surface area contributed by atoms with Gasteiger partial charge in [0.1, 0.15) is 0 Å². The summed E-state index contributed by atoms with van der Waals surface area (Å²) in [4.78, 5) is 0.506. The number of fused-ring (bicyclic) bond motifs is 1. The minimum atomic E-state index is -3.83. The lowest BCUT2D eigenvalue weighted by atomic mass is 9.82. The van der Waals surface area contributed by atoms with Gasteiger partial charge in [-0.15, -0.1) is 0 Å². The largest absolute Gasteiger partial charge is 0.268 e. The molecule has 0 N–H and O–H groups in total. The quantitative estimate of drug-likeness (QED) is 0.324. The van der Waals surface area contributed by atoms with Gasteiger partial charge in [0.25, 0.3) is 10.0 Å². The maximum atomic E-state index is 13.7. The van der Waals surface area contributed by atoms with Crippen molar-refractivity contribution in [2.45, 2.75) is 43.4 Å². The molecule has 8 heteroatoms. The average molecular weight is 537 g/mol. The maximum absolute atomic E-state index is 13.7. The fraction of sp³-hybridized carbons (Fsp3) is 0.310. The molecule has 0 bridgehead atoms. The van der Waals surface area contributed by atoms with Gasteiger partial charge in [-0.25, -0.2) is 20.8 Å². The summed E-state index contributed by atoms with van der Waals surface area (Å²) in [6.07, 6.45) is 1.71. The zero-order valence-corrected chi connectivity index (χ0v) is 23.1. The second-order valence-corrected chi connectivity index (χ2v) is 14.1. The van der Waals surface area contributed by atoms with E-state index < -0.39 is 20.0 Å². The van der Waals surface area contributed by atoms with Crippen LogP contribution in [0.4, 0.5) is 0 Å². The Morgan fingerprint density at radius 3 is 1.84 bits per heavy atom. The molecule has 0 radical (unpaired) electrons. The van der Waals surface area contributed by atoms with Crippen LogP contribution in [0.2, 0.25) is 0 Å². The van der Waals surface area contributed by atoms with E-state index >= 15 is 0 Å². The number of hydrogen-bond acceptors (Lipinski definition) is 4. The molecular formula is C29H32N2O4S2. The van der Waals surface area contributed by atoms with E-state index in [-0.39, 0.29) is 27.5 Å². The molecule has 2 atom stereocenters. The maximum Gasteiger partial charge on any atom is 0.268 e. The Labute approximate surface area is 219 Å². The lowest BCUT2D eigenvalue weighted by molar-refractivity contribution is 0.368. The van der Waals surface area contributed by atoms with Crippen molar-refractivity contribution in [2.75, 3.05) is 13.1 Å². The number of nitrogens with zero attached hydrogens (tertiary/aromatic N) is 2. The topological polar surface area (TPSA) is 76.5 Å². The van der Waals surface area contributed by atoms with Crippen molar-refractivity contribution < 1.29 is 16.8 Å². The molecule has 2 heterocycles. The van der Waals surface area contributed by atoms with Crippen LogP contribution < -0.4 is 0 Å². The van der Waals surface area contributed by atoms with E-state index in [4.69, 9.17) is 0 Å². The molecule has 0 amide bonds. The van der Waals surface area contributed by atoms with E-state index in [1.807, 2.05) is 50.2 Å². The number of aryl methyl sites for hydroxylation is 2.